The first kappa shape index (κ1) is 16.4. The normalized spacial score (nSPS) is 10.7. The van der Waals surface area contributed by atoms with Gasteiger partial charge in [0.2, 0.25) is 5.95 Å². The maximum Gasteiger partial charge on any atom is 0.249 e. The van der Waals surface area contributed by atoms with E-state index in [-0.39, 0.29) is 0 Å². The van der Waals surface area contributed by atoms with E-state index in [2.05, 4.69) is 67.7 Å². The van der Waals surface area contributed by atoms with Gasteiger partial charge in [-0.3, -0.25) is 0 Å². The van der Waals surface area contributed by atoms with Gasteiger partial charge in [-0.15, -0.1) is 5.10 Å². The van der Waals surface area contributed by atoms with Gasteiger partial charge in [0, 0.05) is 15.8 Å². The molecule has 0 aliphatic rings. The third-order valence-corrected chi connectivity index (χ3v) is 4.04. The van der Waals surface area contributed by atoms with E-state index < -0.39 is 0 Å². The fourth-order valence-electron chi connectivity index (χ4n) is 2.18. The molecule has 3 aromatic rings. The monoisotopic (exact) mass is 383 g/mol. The fraction of sp³-hybridized carbons (Fsp3) is 0.167. The first-order valence-corrected chi connectivity index (χ1v) is 8.49. The lowest BCUT2D eigenvalue weighted by Crippen LogP contribution is -2.02. The second kappa shape index (κ2) is 7.40. The number of hydrogen-bond acceptors (Lipinski definition) is 5. The first-order valence-electron chi connectivity index (χ1n) is 7.69. The van der Waals surface area contributed by atoms with Gasteiger partial charge in [0.1, 0.15) is 0 Å². The summed E-state index contributed by atoms with van der Waals surface area (Å²) in [5.41, 5.74) is 3.17. The van der Waals surface area contributed by atoms with E-state index >= 15 is 0 Å². The molecule has 0 aliphatic heterocycles. The van der Waals surface area contributed by atoms with Gasteiger partial charge in [-0.1, -0.05) is 41.9 Å². The van der Waals surface area contributed by atoms with Crippen molar-refractivity contribution in [1.82, 2.24) is 15.2 Å². The number of rotatable bonds is 5. The molecule has 0 unspecified atom stereocenters. The Bertz CT molecular complexity index is 800. The molecule has 0 aliphatic carbocycles. The van der Waals surface area contributed by atoms with Crippen LogP contribution in [0.3, 0.4) is 0 Å². The molecule has 0 spiro atoms. The van der Waals surface area contributed by atoms with E-state index in [0.717, 1.165) is 15.8 Å². The van der Waals surface area contributed by atoms with Crippen molar-refractivity contribution in [1.29, 1.82) is 0 Å². The van der Waals surface area contributed by atoms with Crippen molar-refractivity contribution in [3.8, 4) is 0 Å². The van der Waals surface area contributed by atoms with Crippen molar-refractivity contribution in [2.45, 2.75) is 19.8 Å². The molecule has 0 saturated heterocycles. The number of benzene rings is 2. The Morgan fingerprint density at radius 3 is 2.17 bits per heavy atom. The number of halogens is 1. The van der Waals surface area contributed by atoms with E-state index in [1.165, 1.54) is 5.56 Å². The average molecular weight is 384 g/mol. The lowest BCUT2D eigenvalue weighted by atomic mass is 10.0. The summed E-state index contributed by atoms with van der Waals surface area (Å²) in [6, 6.07) is 16.1. The van der Waals surface area contributed by atoms with E-state index in [9.17, 15) is 0 Å². The molecule has 0 amide bonds. The minimum atomic E-state index is 0.445. The lowest BCUT2D eigenvalue weighted by molar-refractivity contribution is 0.867. The zero-order valence-corrected chi connectivity index (χ0v) is 15.1. The number of nitrogens with one attached hydrogen (secondary N) is 2. The van der Waals surface area contributed by atoms with Gasteiger partial charge in [0.25, 0.3) is 0 Å². The molecule has 2 N–H and O–H groups in total. The van der Waals surface area contributed by atoms with Crippen LogP contribution in [0.4, 0.5) is 23.1 Å². The summed E-state index contributed by atoms with van der Waals surface area (Å²) in [7, 11) is 0. The molecule has 5 nitrogen and oxygen atoms in total. The Labute approximate surface area is 149 Å². The smallest absolute Gasteiger partial charge is 0.249 e. The SMILES string of the molecule is CC(C)c1ccc(Nc2cnnc(Nc3ccc(Br)cc3)n2)cc1. The molecule has 1 aromatic heterocycles. The Hall–Kier alpha value is -2.47. The van der Waals surface area contributed by atoms with Crippen LogP contribution in [-0.2, 0) is 0 Å². The summed E-state index contributed by atoms with van der Waals surface area (Å²) in [6.45, 7) is 4.35. The predicted octanol–water partition coefficient (Wildman–Crippen LogP) is 5.24. The molecule has 0 radical (unpaired) electrons. The van der Waals surface area contributed by atoms with Crippen molar-refractivity contribution in [3.05, 3.63) is 64.8 Å². The van der Waals surface area contributed by atoms with E-state index in [0.29, 0.717) is 17.7 Å². The van der Waals surface area contributed by atoms with Gasteiger partial charge in [-0.05, 0) is 47.9 Å². The van der Waals surface area contributed by atoms with Crippen LogP contribution in [0.15, 0.2) is 59.2 Å². The second-order valence-electron chi connectivity index (χ2n) is 5.70. The number of hydrogen-bond donors (Lipinski definition) is 2. The van der Waals surface area contributed by atoms with Crippen LogP contribution in [0.5, 0.6) is 0 Å². The minimum absolute atomic E-state index is 0.445. The molecule has 3 rings (SSSR count). The van der Waals surface area contributed by atoms with Crippen LogP contribution in [-0.4, -0.2) is 15.2 Å². The molecule has 24 heavy (non-hydrogen) atoms. The Kier molecular flexibility index (Phi) is 5.05. The fourth-order valence-corrected chi connectivity index (χ4v) is 2.44. The number of aromatic nitrogens is 3. The standard InChI is InChI=1S/C18H18BrN5/c1-12(2)13-3-7-15(8-4-13)21-17-11-20-24-18(23-17)22-16-9-5-14(19)6-10-16/h3-12H,1-2H3,(H2,21,22,23,24). The molecule has 6 heteroatoms. The van der Waals surface area contributed by atoms with E-state index in [1.54, 1.807) is 6.20 Å². The van der Waals surface area contributed by atoms with Gasteiger partial charge in [-0.25, -0.2) is 0 Å². The predicted molar refractivity (Wildman–Crippen MR) is 101 cm³/mol. The minimum Gasteiger partial charge on any atom is -0.339 e. The summed E-state index contributed by atoms with van der Waals surface area (Å²) in [5.74, 6) is 1.60. The Morgan fingerprint density at radius 2 is 1.50 bits per heavy atom. The summed E-state index contributed by atoms with van der Waals surface area (Å²) in [6.07, 6.45) is 1.60. The second-order valence-corrected chi connectivity index (χ2v) is 6.61. The van der Waals surface area contributed by atoms with Crippen molar-refractivity contribution < 1.29 is 0 Å². The number of nitrogens with zero attached hydrogens (tertiary/aromatic N) is 3. The Morgan fingerprint density at radius 1 is 0.875 bits per heavy atom. The van der Waals surface area contributed by atoms with Gasteiger partial charge in [-0.2, -0.15) is 10.1 Å². The average Bonchev–Trinajstić information content (AvgIpc) is 2.58. The van der Waals surface area contributed by atoms with Crippen molar-refractivity contribution in [2.24, 2.45) is 0 Å². The van der Waals surface area contributed by atoms with E-state index in [1.807, 2.05) is 36.4 Å². The summed E-state index contributed by atoms with van der Waals surface area (Å²) in [5, 5.41) is 14.4. The molecule has 0 saturated carbocycles. The highest BCUT2D eigenvalue weighted by Gasteiger charge is 2.03. The molecule has 2 aromatic carbocycles. The van der Waals surface area contributed by atoms with Gasteiger partial charge < -0.3 is 10.6 Å². The van der Waals surface area contributed by atoms with Gasteiger partial charge in [0.05, 0.1) is 6.20 Å². The van der Waals surface area contributed by atoms with Crippen LogP contribution in [0.25, 0.3) is 0 Å². The largest absolute Gasteiger partial charge is 0.339 e. The highest BCUT2D eigenvalue weighted by atomic mass is 79.9. The zero-order chi connectivity index (χ0) is 16.9. The molecule has 0 atom stereocenters. The summed E-state index contributed by atoms with van der Waals surface area (Å²) >= 11 is 3.41. The van der Waals surface area contributed by atoms with Crippen LogP contribution in [0.2, 0.25) is 0 Å². The van der Waals surface area contributed by atoms with Crippen LogP contribution < -0.4 is 10.6 Å². The summed E-state index contributed by atoms with van der Waals surface area (Å²) in [4.78, 5) is 4.44. The van der Waals surface area contributed by atoms with Crippen molar-refractivity contribution in [3.63, 3.8) is 0 Å². The maximum absolute atomic E-state index is 4.44. The highest BCUT2D eigenvalue weighted by molar-refractivity contribution is 9.10. The zero-order valence-electron chi connectivity index (χ0n) is 13.5. The highest BCUT2D eigenvalue weighted by Crippen LogP contribution is 2.21. The van der Waals surface area contributed by atoms with E-state index in [4.69, 9.17) is 0 Å². The maximum atomic E-state index is 4.44. The first-order chi connectivity index (χ1) is 11.6. The molecule has 0 fully saturated rings. The van der Waals surface area contributed by atoms with Gasteiger partial charge >= 0.3 is 0 Å². The third kappa shape index (κ3) is 4.29. The quantitative estimate of drug-likeness (QED) is 0.630. The van der Waals surface area contributed by atoms with Crippen molar-refractivity contribution in [2.75, 3.05) is 10.6 Å². The topological polar surface area (TPSA) is 62.7 Å². The van der Waals surface area contributed by atoms with Crippen LogP contribution >= 0.6 is 15.9 Å². The molecular formula is C18H18BrN5. The summed E-state index contributed by atoms with van der Waals surface area (Å²) < 4.78 is 1.02. The van der Waals surface area contributed by atoms with Crippen LogP contribution in [0.1, 0.15) is 25.3 Å². The molecular weight excluding hydrogens is 366 g/mol. The lowest BCUT2D eigenvalue weighted by Gasteiger charge is -2.09. The van der Waals surface area contributed by atoms with Gasteiger partial charge in [0.15, 0.2) is 5.82 Å². The van der Waals surface area contributed by atoms with Crippen molar-refractivity contribution >= 4 is 39.1 Å². The third-order valence-electron chi connectivity index (χ3n) is 3.51. The molecule has 0 bridgehead atoms. The molecule has 122 valence electrons. The molecule has 1 heterocycles. The Balaban J connectivity index is 1.71. The number of anilines is 4. The van der Waals surface area contributed by atoms with Crippen LogP contribution in [0, 0.1) is 0 Å².